The first-order chi connectivity index (χ1) is 50.6. The molecule has 16 atom stereocenters. The number of carbonyl (C=O) groups excluding carboxylic acids is 14. The van der Waals surface area contributed by atoms with Gasteiger partial charge in [-0.2, -0.15) is 0 Å². The van der Waals surface area contributed by atoms with Crippen molar-refractivity contribution in [3.63, 3.8) is 0 Å². The Hall–Kier alpha value is -9.81. The summed E-state index contributed by atoms with van der Waals surface area (Å²) in [4.78, 5) is 202. The molecule has 3 rings (SSSR count). The van der Waals surface area contributed by atoms with Crippen molar-refractivity contribution in [2.24, 2.45) is 41.2 Å². The third kappa shape index (κ3) is 31.9. The third-order valence-corrected chi connectivity index (χ3v) is 17.1. The van der Waals surface area contributed by atoms with Crippen LogP contribution in [0.1, 0.15) is 147 Å². The molecule has 36 heteroatoms. The van der Waals surface area contributed by atoms with Gasteiger partial charge in [0.05, 0.1) is 25.4 Å². The van der Waals surface area contributed by atoms with E-state index < -0.39 is 229 Å². The number of rotatable bonds is 28. The van der Waals surface area contributed by atoms with E-state index in [1.165, 1.54) is 26.0 Å². The lowest BCUT2D eigenvalue weighted by Gasteiger charge is -2.36. The molecule has 1 saturated heterocycles. The molecule has 20 N–H and O–H groups in total. The molecule has 1 aromatic rings. The summed E-state index contributed by atoms with van der Waals surface area (Å²) in [5, 5.41) is 84.8. The largest absolute Gasteiger partial charge is 0.460 e. The molecule has 1 fully saturated rings. The summed E-state index contributed by atoms with van der Waals surface area (Å²) in [6.07, 6.45) is -3.64. The van der Waals surface area contributed by atoms with Gasteiger partial charge in [0.15, 0.2) is 18.1 Å². The number of nitrogens with two attached hydrogens (primary N) is 1. The van der Waals surface area contributed by atoms with Crippen LogP contribution in [0.5, 0.6) is 0 Å². The van der Waals surface area contributed by atoms with Gasteiger partial charge in [0.2, 0.25) is 59.1 Å². The molecule has 2 aliphatic rings. The number of cyclic esters (lactones) is 1. The Balaban J connectivity index is 2.45. The molecular weight excluding hydrogens is 1410 g/mol. The molecule has 1 aliphatic carbocycles. The molecule has 1 heterocycles. The van der Waals surface area contributed by atoms with E-state index in [1.807, 2.05) is 0 Å². The van der Waals surface area contributed by atoms with Crippen molar-refractivity contribution in [2.75, 3.05) is 26.2 Å². The van der Waals surface area contributed by atoms with Crippen molar-refractivity contribution < 1.29 is 102 Å². The van der Waals surface area contributed by atoms with Crippen molar-refractivity contribution in [2.45, 2.75) is 239 Å². The fraction of sp³-hybridized carbons (Fsp3) is 0.653. The van der Waals surface area contributed by atoms with Crippen LogP contribution in [0.3, 0.4) is 0 Å². The van der Waals surface area contributed by atoms with E-state index in [0.29, 0.717) is 5.56 Å². The quantitative estimate of drug-likeness (QED) is 0.0135. The van der Waals surface area contributed by atoms with Crippen LogP contribution in [-0.2, 0) is 83.1 Å². The minimum atomic E-state index is -2.71. The van der Waals surface area contributed by atoms with Gasteiger partial charge in [-0.25, -0.2) is 9.59 Å². The van der Waals surface area contributed by atoms with Gasteiger partial charge in [-0.15, -0.1) is 0 Å². The van der Waals surface area contributed by atoms with Gasteiger partial charge in [-0.1, -0.05) is 130 Å². The normalized spacial score (nSPS) is 23.8. The van der Waals surface area contributed by atoms with Gasteiger partial charge in [0.1, 0.15) is 79.2 Å². The predicted molar refractivity (Wildman–Crippen MR) is 392 cm³/mol. The standard InChI is InChI=1S/C72H115N15O21/c1-15-40(10)51-64(99)85-52(41(11)89)63(98)76-32-49(90)83-54(57(93)68(103)77-33-50(91)106-35-42-23-18-16-19-24-42)66(101)81-48(34-88)69(104)107-58(43-25-20-17-21-26-43)55(87-62(97)46(30-37(4)5)79-61(96)47(31-38(6)7)82-71(105)108-72(12,13)14)67(102)86-53(56(92)39(8)9)65(100)80-45(29-36(2)3)60(95)78-44(59(94)84-51)27-22-28-75-70(73)74/h16-21,23-25,36-41,43-48,51-58,88-89,92-93H,15,22,26-35H2,1-14H3,(H,76,98)(H,77,103)(H,78,95)(H,79,96)(H,80,100)(H,81,101)(H,82,105)(H,83,90)(H,84,94)(H,85,99)(H,86,102)(H,87,97)(H4,73,74,75)/t40-,41-,43?,44+,45-,46-,47+,48-,51-,52-,53-,54-,55-,56+,57-,58+/m0/s1. The molecule has 1 unspecified atom stereocenters. The summed E-state index contributed by atoms with van der Waals surface area (Å²) in [5.74, 6) is -20.5. The molecule has 0 bridgehead atoms. The third-order valence-electron chi connectivity index (χ3n) is 17.1. The Labute approximate surface area is 629 Å². The van der Waals surface area contributed by atoms with Crippen molar-refractivity contribution in [3.05, 3.63) is 60.2 Å². The predicted octanol–water partition coefficient (Wildman–Crippen LogP) is -2.53. The molecule has 0 aromatic heterocycles. The number of amides is 12. The van der Waals surface area contributed by atoms with E-state index in [1.54, 1.807) is 119 Å². The fourth-order valence-electron chi connectivity index (χ4n) is 11.1. The Morgan fingerprint density at radius 1 is 0.657 bits per heavy atom. The van der Waals surface area contributed by atoms with Crippen LogP contribution >= 0.6 is 0 Å². The maximum absolute atomic E-state index is 15.7. The SMILES string of the molecule is CC[C@H](C)[C@@H]1NC(=O)[C@@H](CCCNC(=N)N)NC(=O)[C@H](CC(C)C)NC(=O)[C@H]([C@H](O)C(C)C)NC(=O)[C@@H](NC(=O)[C@H](CC(C)C)NC(=O)[C@@H](CC(C)C)NC(=O)OC(C)(C)C)[C@@H](C2C=CC=CC2)OC(=O)[C@H](CO)NC(=O)[C@H]([C@H](O)C(=O)NCC(=O)OCc2ccccc2)NC(=O)CNC(=O)[C@H]([C@H](C)O)NC1=O. The highest BCUT2D eigenvalue weighted by atomic mass is 16.6. The molecule has 1 aromatic carbocycles. The van der Waals surface area contributed by atoms with E-state index >= 15 is 14.4 Å². The second-order valence-corrected chi connectivity index (χ2v) is 29.5. The van der Waals surface area contributed by atoms with Crippen LogP contribution in [0.15, 0.2) is 54.6 Å². The number of hydrogen-bond donors (Lipinski definition) is 19. The van der Waals surface area contributed by atoms with Crippen LogP contribution in [0.4, 0.5) is 4.79 Å². The molecule has 12 amide bonds. The lowest BCUT2D eigenvalue weighted by atomic mass is 9.88. The molecule has 0 saturated carbocycles. The molecular formula is C72H115N15O21. The molecule has 36 nitrogen and oxygen atoms in total. The van der Waals surface area contributed by atoms with E-state index in [9.17, 15) is 73.2 Å². The fourth-order valence-corrected chi connectivity index (χ4v) is 11.1. The summed E-state index contributed by atoms with van der Waals surface area (Å²) >= 11 is 0. The van der Waals surface area contributed by atoms with Gasteiger partial charge in [0.25, 0.3) is 5.91 Å². The molecule has 604 valence electrons. The van der Waals surface area contributed by atoms with Gasteiger partial charge in [0, 0.05) is 12.5 Å². The Bertz CT molecular complexity index is 3310. The zero-order valence-electron chi connectivity index (χ0n) is 64.0. The average Bonchev–Trinajstić information content (AvgIpc) is 0.813. The van der Waals surface area contributed by atoms with Crippen molar-refractivity contribution in [3.8, 4) is 0 Å². The number of alkyl carbamates (subject to hydrolysis) is 1. The number of guanidine groups is 1. The van der Waals surface area contributed by atoms with Crippen LogP contribution < -0.4 is 74.9 Å². The minimum Gasteiger partial charge on any atom is -0.460 e. The summed E-state index contributed by atoms with van der Waals surface area (Å²) in [6.45, 7) is 18.6. The number of benzene rings is 1. The van der Waals surface area contributed by atoms with Crippen LogP contribution in [0, 0.1) is 40.9 Å². The monoisotopic (exact) mass is 1530 g/mol. The zero-order valence-corrected chi connectivity index (χ0v) is 64.0. The van der Waals surface area contributed by atoms with E-state index in [-0.39, 0.29) is 64.0 Å². The maximum Gasteiger partial charge on any atom is 0.408 e. The summed E-state index contributed by atoms with van der Waals surface area (Å²) in [6, 6.07) is -10.4. The van der Waals surface area contributed by atoms with Crippen LogP contribution in [0.2, 0.25) is 0 Å². The number of nitrogens with one attached hydrogen (secondary N) is 14. The van der Waals surface area contributed by atoms with E-state index in [4.69, 9.17) is 25.4 Å². The number of aliphatic hydroxyl groups excluding tert-OH is 4. The zero-order chi connectivity index (χ0) is 81.4. The highest BCUT2D eigenvalue weighted by Crippen LogP contribution is 2.25. The molecule has 0 radical (unpaired) electrons. The van der Waals surface area contributed by atoms with Gasteiger partial charge < -0.3 is 109 Å². The summed E-state index contributed by atoms with van der Waals surface area (Å²) < 4.78 is 16.8. The molecule has 1 aliphatic heterocycles. The van der Waals surface area contributed by atoms with Gasteiger partial charge >= 0.3 is 18.0 Å². The summed E-state index contributed by atoms with van der Waals surface area (Å²) in [7, 11) is 0. The Morgan fingerprint density at radius 2 is 1.23 bits per heavy atom. The number of ether oxygens (including phenoxy) is 3. The number of allylic oxidation sites excluding steroid dienone is 3. The van der Waals surface area contributed by atoms with E-state index in [2.05, 4.69) is 69.1 Å². The lowest BCUT2D eigenvalue weighted by Crippen LogP contribution is -2.66. The Morgan fingerprint density at radius 3 is 1.79 bits per heavy atom. The van der Waals surface area contributed by atoms with Crippen molar-refractivity contribution in [1.82, 2.24) is 69.1 Å². The summed E-state index contributed by atoms with van der Waals surface area (Å²) in [5.41, 5.74) is 5.09. The Kier molecular flexibility index (Phi) is 38.6. The average molecular weight is 1530 g/mol. The van der Waals surface area contributed by atoms with Crippen LogP contribution in [-0.4, -0.2) is 226 Å². The van der Waals surface area contributed by atoms with Gasteiger partial charge in [-0.3, -0.25) is 62.9 Å². The second-order valence-electron chi connectivity index (χ2n) is 29.5. The van der Waals surface area contributed by atoms with Crippen molar-refractivity contribution >= 4 is 89.0 Å². The number of esters is 2. The topological polar surface area (TPSA) is 554 Å². The highest BCUT2D eigenvalue weighted by molar-refractivity contribution is 6.01. The highest BCUT2D eigenvalue weighted by Gasteiger charge is 2.45. The first kappa shape index (κ1) is 92.4. The van der Waals surface area contributed by atoms with Crippen molar-refractivity contribution in [1.29, 1.82) is 5.41 Å². The van der Waals surface area contributed by atoms with Gasteiger partial charge in [-0.05, 0) is 101 Å². The number of aliphatic hydroxyl groups is 4. The smallest absolute Gasteiger partial charge is 0.408 e. The molecule has 108 heavy (non-hydrogen) atoms. The maximum atomic E-state index is 15.7. The first-order valence-electron chi connectivity index (χ1n) is 36.3. The minimum absolute atomic E-state index is 0.0118. The first-order valence-corrected chi connectivity index (χ1v) is 36.3. The number of carbonyl (C=O) groups is 14. The molecule has 0 spiro atoms. The second kappa shape index (κ2) is 45.1. The van der Waals surface area contributed by atoms with Crippen LogP contribution in [0.25, 0.3) is 0 Å². The lowest BCUT2D eigenvalue weighted by molar-refractivity contribution is -0.161. The van der Waals surface area contributed by atoms with E-state index in [0.717, 1.165) is 6.92 Å². The number of hydrogen-bond acceptors (Lipinski definition) is 22.